The highest BCUT2D eigenvalue weighted by atomic mass is 32.2. The summed E-state index contributed by atoms with van der Waals surface area (Å²) in [6.07, 6.45) is 0. The third-order valence-corrected chi connectivity index (χ3v) is 3.23. The second-order valence-corrected chi connectivity index (χ2v) is 4.17. The van der Waals surface area contributed by atoms with E-state index in [0.29, 0.717) is 6.07 Å². The fourth-order valence-electron chi connectivity index (χ4n) is 0.960. The second kappa shape index (κ2) is 1.82. The Hall–Kier alpha value is -1.04. The number of hydrogen-bond donors (Lipinski definition) is 0. The fraction of sp³-hybridized carbons (Fsp3) is 0. The maximum Gasteiger partial charge on any atom is 0.212 e. The van der Waals surface area contributed by atoms with Crippen molar-refractivity contribution < 1.29 is 21.6 Å². The number of rotatable bonds is 0. The number of benzene rings is 1. The topological polar surface area (TPSA) is 34.1 Å². The van der Waals surface area contributed by atoms with E-state index in [-0.39, 0.29) is 0 Å². The summed E-state index contributed by atoms with van der Waals surface area (Å²) < 4.78 is 58.6. The molecule has 0 saturated heterocycles. The van der Waals surface area contributed by atoms with Gasteiger partial charge >= 0.3 is 0 Å². The summed E-state index contributed by atoms with van der Waals surface area (Å²) in [4.78, 5) is -1.18. The average molecular weight is 194 g/mol. The lowest BCUT2D eigenvalue weighted by atomic mass is 10.3. The van der Waals surface area contributed by atoms with Crippen LogP contribution in [0.2, 0.25) is 0 Å². The van der Waals surface area contributed by atoms with Crippen LogP contribution in [0.15, 0.2) is 15.9 Å². The van der Waals surface area contributed by atoms with Gasteiger partial charge in [-0.3, -0.25) is 0 Å². The zero-order valence-electron chi connectivity index (χ0n) is 5.44. The summed E-state index contributed by atoms with van der Waals surface area (Å²) in [5.41, 5.74) is 0. The molecular formula is C6HF3O2S. The number of sulfone groups is 1. The van der Waals surface area contributed by atoms with Gasteiger partial charge in [0.25, 0.3) is 0 Å². The Morgan fingerprint density at radius 3 is 2.25 bits per heavy atom. The molecule has 0 amide bonds. The highest BCUT2D eigenvalue weighted by molar-refractivity contribution is 7.97. The van der Waals surface area contributed by atoms with E-state index in [1.165, 1.54) is 0 Å². The predicted molar refractivity (Wildman–Crippen MR) is 31.8 cm³/mol. The van der Waals surface area contributed by atoms with Crippen molar-refractivity contribution in [2.24, 2.45) is 0 Å². The molecule has 1 aromatic rings. The molecule has 0 bridgehead atoms. The van der Waals surface area contributed by atoms with Crippen molar-refractivity contribution in [3.05, 3.63) is 23.5 Å². The minimum Gasteiger partial charge on any atom is -0.218 e. The zero-order valence-corrected chi connectivity index (χ0v) is 6.25. The van der Waals surface area contributed by atoms with E-state index in [4.69, 9.17) is 0 Å². The van der Waals surface area contributed by atoms with Crippen molar-refractivity contribution in [2.45, 2.75) is 9.79 Å². The summed E-state index contributed by atoms with van der Waals surface area (Å²) in [5, 5.41) is 0. The molecule has 0 spiro atoms. The van der Waals surface area contributed by atoms with Crippen LogP contribution < -0.4 is 0 Å². The van der Waals surface area contributed by atoms with Crippen molar-refractivity contribution in [2.75, 3.05) is 0 Å². The first-order valence-electron chi connectivity index (χ1n) is 2.89. The molecule has 0 radical (unpaired) electrons. The molecular weight excluding hydrogens is 193 g/mol. The molecule has 64 valence electrons. The maximum absolute atomic E-state index is 12.5. The van der Waals surface area contributed by atoms with Gasteiger partial charge in [-0.2, -0.15) is 0 Å². The van der Waals surface area contributed by atoms with Gasteiger partial charge in [-0.05, 0) is 6.07 Å². The van der Waals surface area contributed by atoms with Crippen LogP contribution in [0, 0.1) is 17.5 Å². The van der Waals surface area contributed by atoms with Crippen molar-refractivity contribution in [3.8, 4) is 0 Å². The van der Waals surface area contributed by atoms with E-state index in [1.54, 1.807) is 0 Å². The Morgan fingerprint density at radius 1 is 1.08 bits per heavy atom. The van der Waals surface area contributed by atoms with Crippen LogP contribution >= 0.6 is 0 Å². The molecule has 1 aromatic carbocycles. The normalized spacial score (nSPS) is 17.2. The largest absolute Gasteiger partial charge is 0.218 e. The van der Waals surface area contributed by atoms with E-state index in [2.05, 4.69) is 0 Å². The molecule has 0 atom stereocenters. The van der Waals surface area contributed by atoms with Crippen LogP contribution in [0.25, 0.3) is 0 Å². The van der Waals surface area contributed by atoms with Crippen molar-refractivity contribution in [3.63, 3.8) is 0 Å². The van der Waals surface area contributed by atoms with Gasteiger partial charge in [0.05, 0.1) is 4.90 Å². The fourth-order valence-corrected chi connectivity index (χ4v) is 2.31. The molecule has 2 rings (SSSR count). The van der Waals surface area contributed by atoms with Gasteiger partial charge in [-0.1, -0.05) is 0 Å². The van der Waals surface area contributed by atoms with Gasteiger partial charge < -0.3 is 0 Å². The monoisotopic (exact) mass is 194 g/mol. The first-order valence-corrected chi connectivity index (χ1v) is 4.37. The van der Waals surface area contributed by atoms with Gasteiger partial charge in [0.1, 0.15) is 4.90 Å². The van der Waals surface area contributed by atoms with E-state index >= 15 is 0 Å². The SMILES string of the molecule is O=S1(=O)c2cc(F)c(F)c(F)c21. The standard InChI is InChI=1S/C6HF3O2S/c7-2-1-3-6(12(3,10)11)5(9)4(2)8/h1H. The highest BCUT2D eigenvalue weighted by Gasteiger charge is 2.45. The second-order valence-electron chi connectivity index (χ2n) is 2.32. The Morgan fingerprint density at radius 2 is 1.67 bits per heavy atom. The molecule has 12 heavy (non-hydrogen) atoms. The smallest absolute Gasteiger partial charge is 0.212 e. The molecule has 2 nitrogen and oxygen atoms in total. The predicted octanol–water partition coefficient (Wildman–Crippen LogP) is 1.25. The van der Waals surface area contributed by atoms with Gasteiger partial charge in [0, 0.05) is 0 Å². The number of halogens is 3. The molecule has 6 heteroatoms. The molecule has 1 aliphatic rings. The highest BCUT2D eigenvalue weighted by Crippen LogP contribution is 2.43. The van der Waals surface area contributed by atoms with Crippen molar-refractivity contribution in [1.82, 2.24) is 0 Å². The lowest BCUT2D eigenvalue weighted by Gasteiger charge is -1.87. The van der Waals surface area contributed by atoms with E-state index < -0.39 is 37.1 Å². The maximum atomic E-state index is 12.5. The molecule has 1 aliphatic heterocycles. The third-order valence-electron chi connectivity index (χ3n) is 1.60. The van der Waals surface area contributed by atoms with Gasteiger partial charge in [0.15, 0.2) is 17.5 Å². The van der Waals surface area contributed by atoms with Crippen molar-refractivity contribution in [1.29, 1.82) is 0 Å². The van der Waals surface area contributed by atoms with Gasteiger partial charge in [-0.25, -0.2) is 21.6 Å². The van der Waals surface area contributed by atoms with Crippen LogP contribution in [0.3, 0.4) is 0 Å². The molecule has 0 aliphatic carbocycles. The van der Waals surface area contributed by atoms with Crippen LogP contribution in [0.1, 0.15) is 0 Å². The van der Waals surface area contributed by atoms with E-state index in [0.717, 1.165) is 0 Å². The average Bonchev–Trinajstić information content (AvgIpc) is 2.49. The number of fused-ring (bicyclic) bond motifs is 1. The Labute approximate surface area is 65.5 Å². The molecule has 0 fully saturated rings. The first-order chi connectivity index (χ1) is 5.46. The molecule has 0 N–H and O–H groups in total. The quantitative estimate of drug-likeness (QED) is 0.467. The summed E-state index contributed by atoms with van der Waals surface area (Å²) in [6.45, 7) is 0. The van der Waals surface area contributed by atoms with Crippen molar-refractivity contribution >= 4 is 9.84 Å². The minimum atomic E-state index is -3.81. The Balaban J connectivity index is 2.87. The van der Waals surface area contributed by atoms with Crippen LogP contribution in [0.4, 0.5) is 13.2 Å². The van der Waals surface area contributed by atoms with Crippen LogP contribution in [0.5, 0.6) is 0 Å². The summed E-state index contributed by atoms with van der Waals surface area (Å²) >= 11 is 0. The lowest BCUT2D eigenvalue weighted by molar-refractivity contribution is 0.433. The van der Waals surface area contributed by atoms with Crippen LogP contribution in [-0.4, -0.2) is 8.42 Å². The van der Waals surface area contributed by atoms with Gasteiger partial charge in [0.2, 0.25) is 9.84 Å². The third kappa shape index (κ3) is 0.677. The Bertz CT molecular complexity index is 478. The van der Waals surface area contributed by atoms with Gasteiger partial charge in [-0.15, -0.1) is 0 Å². The Kier molecular flexibility index (Phi) is 1.15. The van der Waals surface area contributed by atoms with E-state index in [1.807, 2.05) is 0 Å². The van der Waals surface area contributed by atoms with E-state index in [9.17, 15) is 21.6 Å². The summed E-state index contributed by atoms with van der Waals surface area (Å²) in [6, 6.07) is 0.475. The summed E-state index contributed by atoms with van der Waals surface area (Å²) in [7, 11) is -3.81. The first kappa shape index (κ1) is 7.60. The molecule has 0 aromatic heterocycles. The molecule has 1 heterocycles. The molecule has 0 saturated carbocycles. The molecule has 0 unspecified atom stereocenters. The summed E-state index contributed by atoms with van der Waals surface area (Å²) in [5.74, 6) is -4.84. The number of hydrogen-bond acceptors (Lipinski definition) is 2. The van der Waals surface area contributed by atoms with Crippen LogP contribution in [-0.2, 0) is 9.84 Å². The lowest BCUT2D eigenvalue weighted by Crippen LogP contribution is -1.87. The zero-order chi connectivity index (χ0) is 9.09. The minimum absolute atomic E-state index is 0.459.